The van der Waals surface area contributed by atoms with Gasteiger partial charge in [-0.3, -0.25) is 0 Å². The van der Waals surface area contributed by atoms with Crippen LogP contribution in [0.25, 0.3) is 33.8 Å². The zero-order valence-corrected chi connectivity index (χ0v) is 16.0. The van der Waals surface area contributed by atoms with Gasteiger partial charge in [-0.15, -0.1) is 0 Å². The topological polar surface area (TPSA) is 11.3 Å². The highest BCUT2D eigenvalue weighted by Crippen LogP contribution is 2.37. The molecule has 126 valence electrons. The van der Waals surface area contributed by atoms with Gasteiger partial charge in [0.2, 0.25) is 0 Å². The molecule has 0 aliphatic heterocycles. The van der Waals surface area contributed by atoms with Gasteiger partial charge in [0.05, 0.1) is 22.8 Å². The first-order valence-corrected chi connectivity index (χ1v) is 9.36. The Kier molecular flexibility index (Phi) is 4.68. The molecule has 0 bridgehead atoms. The maximum Gasteiger partial charge on any atom is 0.364 e. The second-order valence-corrected chi connectivity index (χ2v) is 7.13. The molecular weight excluding hydrogens is 384 g/mol. The highest BCUT2D eigenvalue weighted by atomic mass is 79.9. The fraction of sp³-hybridized carbons (Fsp3) is 0.0417. The fourth-order valence-electron chi connectivity index (χ4n) is 3.12. The third-order valence-corrected chi connectivity index (χ3v) is 5.01. The van der Waals surface area contributed by atoms with E-state index in [9.17, 15) is 0 Å². The van der Waals surface area contributed by atoms with Crippen molar-refractivity contribution in [1.29, 1.82) is 0 Å². The summed E-state index contributed by atoms with van der Waals surface area (Å²) < 4.78 is 7.43. The Balaban J connectivity index is 1.97. The molecule has 0 saturated heterocycles. The van der Waals surface area contributed by atoms with Crippen LogP contribution in [0.3, 0.4) is 0 Å². The van der Waals surface area contributed by atoms with Crippen molar-refractivity contribution in [2.24, 2.45) is 0 Å². The summed E-state index contributed by atoms with van der Waals surface area (Å²) in [6, 6.07) is 31.1. The maximum absolute atomic E-state index is 6.36. The molecule has 0 unspecified atom stereocenters. The number of benzene rings is 3. The van der Waals surface area contributed by atoms with Crippen LogP contribution >= 0.6 is 15.9 Å². The fourth-order valence-corrected chi connectivity index (χ4v) is 3.38. The average molecular weight is 402 g/mol. The Hall–Kier alpha value is -2.71. The van der Waals surface area contributed by atoms with Gasteiger partial charge in [-0.05, 0) is 48.9 Å². The van der Waals surface area contributed by atoms with Crippen LogP contribution in [-0.4, -0.2) is 0 Å². The Labute approximate surface area is 162 Å². The van der Waals surface area contributed by atoms with Crippen LogP contribution in [0.15, 0.2) is 99.9 Å². The van der Waals surface area contributed by atoms with Crippen molar-refractivity contribution >= 4 is 15.9 Å². The van der Waals surface area contributed by atoms with Gasteiger partial charge in [-0.2, -0.15) is 0 Å². The predicted molar refractivity (Wildman–Crippen MR) is 112 cm³/mol. The molecule has 3 aromatic carbocycles. The lowest BCUT2D eigenvalue weighted by Crippen LogP contribution is -1.91. The van der Waals surface area contributed by atoms with E-state index in [0.717, 1.165) is 32.7 Å². The SMILES string of the molecule is Cc1c(-c2ccc(Br)cc2)cc(-c2ccccc2)[o+]c1-c1ccccc1. The third-order valence-electron chi connectivity index (χ3n) is 4.48. The third kappa shape index (κ3) is 3.33. The van der Waals surface area contributed by atoms with Gasteiger partial charge < -0.3 is 0 Å². The molecule has 1 nitrogen and oxygen atoms in total. The van der Waals surface area contributed by atoms with Crippen LogP contribution in [0, 0.1) is 6.92 Å². The van der Waals surface area contributed by atoms with Crippen molar-refractivity contribution in [3.63, 3.8) is 0 Å². The molecule has 0 amide bonds. The number of halogens is 1. The van der Waals surface area contributed by atoms with E-state index in [2.05, 4.69) is 77.5 Å². The minimum atomic E-state index is 0.868. The van der Waals surface area contributed by atoms with Gasteiger partial charge in [-0.25, -0.2) is 4.42 Å². The minimum Gasteiger partial charge on any atom is -0.206 e. The summed E-state index contributed by atoms with van der Waals surface area (Å²) in [6.45, 7) is 2.12. The molecule has 1 aromatic heterocycles. The van der Waals surface area contributed by atoms with E-state index in [4.69, 9.17) is 4.42 Å². The van der Waals surface area contributed by atoms with Crippen LogP contribution < -0.4 is 0 Å². The molecule has 0 aliphatic carbocycles. The Bertz CT molecular complexity index is 1020. The highest BCUT2D eigenvalue weighted by Gasteiger charge is 2.24. The summed E-state index contributed by atoms with van der Waals surface area (Å²) in [6.07, 6.45) is 0. The molecule has 4 rings (SSSR count). The normalized spacial score (nSPS) is 10.7. The molecule has 0 fully saturated rings. The lowest BCUT2D eigenvalue weighted by Gasteiger charge is -2.07. The van der Waals surface area contributed by atoms with Crippen molar-refractivity contribution in [2.75, 3.05) is 0 Å². The monoisotopic (exact) mass is 401 g/mol. The average Bonchev–Trinajstić information content (AvgIpc) is 2.70. The molecule has 0 atom stereocenters. The second-order valence-electron chi connectivity index (χ2n) is 6.22. The van der Waals surface area contributed by atoms with Crippen molar-refractivity contribution < 1.29 is 4.42 Å². The van der Waals surface area contributed by atoms with E-state index in [1.807, 2.05) is 36.4 Å². The van der Waals surface area contributed by atoms with E-state index < -0.39 is 0 Å². The standard InChI is InChI=1S/C24H18BrO/c1-17-22(18-12-14-21(25)15-13-18)16-23(19-8-4-2-5-9-19)26-24(17)20-10-6-3-7-11-20/h2-16H,1H3/q+1. The lowest BCUT2D eigenvalue weighted by atomic mass is 9.96. The van der Waals surface area contributed by atoms with Gasteiger partial charge in [0.1, 0.15) is 0 Å². The maximum atomic E-state index is 6.36. The summed E-state index contributed by atoms with van der Waals surface area (Å²) >= 11 is 3.52. The van der Waals surface area contributed by atoms with Crippen molar-refractivity contribution in [3.8, 4) is 33.8 Å². The van der Waals surface area contributed by atoms with Crippen molar-refractivity contribution in [2.45, 2.75) is 6.92 Å². The summed E-state index contributed by atoms with van der Waals surface area (Å²) in [7, 11) is 0. The van der Waals surface area contributed by atoms with Gasteiger partial charge >= 0.3 is 11.5 Å². The largest absolute Gasteiger partial charge is 0.364 e. The van der Waals surface area contributed by atoms with Crippen molar-refractivity contribution in [1.82, 2.24) is 0 Å². The Morgan fingerprint density at radius 2 is 1.23 bits per heavy atom. The molecule has 0 N–H and O–H groups in total. The summed E-state index contributed by atoms with van der Waals surface area (Å²) in [5, 5.41) is 0. The summed E-state index contributed by atoms with van der Waals surface area (Å²) in [5.74, 6) is 1.78. The molecule has 4 aromatic rings. The molecule has 2 heteroatoms. The first-order valence-electron chi connectivity index (χ1n) is 8.57. The van der Waals surface area contributed by atoms with E-state index in [1.165, 1.54) is 11.1 Å². The second kappa shape index (κ2) is 7.27. The minimum absolute atomic E-state index is 0.868. The van der Waals surface area contributed by atoms with E-state index in [1.54, 1.807) is 0 Å². The van der Waals surface area contributed by atoms with E-state index in [0.29, 0.717) is 0 Å². The van der Waals surface area contributed by atoms with Crippen LogP contribution in [0.1, 0.15) is 5.56 Å². The summed E-state index contributed by atoms with van der Waals surface area (Å²) in [5.41, 5.74) is 5.65. The Morgan fingerprint density at radius 1 is 0.654 bits per heavy atom. The van der Waals surface area contributed by atoms with Gasteiger partial charge in [0, 0.05) is 10.0 Å². The van der Waals surface area contributed by atoms with E-state index in [-0.39, 0.29) is 0 Å². The zero-order valence-electron chi connectivity index (χ0n) is 14.4. The quantitative estimate of drug-likeness (QED) is 0.321. The van der Waals surface area contributed by atoms with Crippen LogP contribution in [-0.2, 0) is 0 Å². The van der Waals surface area contributed by atoms with Crippen LogP contribution in [0.5, 0.6) is 0 Å². The van der Waals surface area contributed by atoms with E-state index >= 15 is 0 Å². The molecule has 0 saturated carbocycles. The van der Waals surface area contributed by atoms with Gasteiger partial charge in [0.25, 0.3) is 0 Å². The molecule has 0 aliphatic rings. The first kappa shape index (κ1) is 16.7. The molecular formula is C24H18BrO+. The smallest absolute Gasteiger partial charge is 0.206 e. The van der Waals surface area contributed by atoms with Gasteiger partial charge in [-0.1, -0.05) is 64.5 Å². The van der Waals surface area contributed by atoms with Crippen LogP contribution in [0.4, 0.5) is 0 Å². The molecule has 26 heavy (non-hydrogen) atoms. The highest BCUT2D eigenvalue weighted by molar-refractivity contribution is 9.10. The molecule has 1 heterocycles. The number of rotatable bonds is 3. The molecule has 0 spiro atoms. The Morgan fingerprint density at radius 3 is 1.85 bits per heavy atom. The van der Waals surface area contributed by atoms with Crippen molar-refractivity contribution in [3.05, 3.63) is 101 Å². The number of hydrogen-bond acceptors (Lipinski definition) is 0. The zero-order chi connectivity index (χ0) is 17.9. The molecule has 0 radical (unpaired) electrons. The lowest BCUT2D eigenvalue weighted by molar-refractivity contribution is 0.578. The number of hydrogen-bond donors (Lipinski definition) is 0. The van der Waals surface area contributed by atoms with Gasteiger partial charge in [0.15, 0.2) is 0 Å². The van der Waals surface area contributed by atoms with Crippen LogP contribution in [0.2, 0.25) is 0 Å². The first-order chi connectivity index (χ1) is 12.7. The summed E-state index contributed by atoms with van der Waals surface area (Å²) in [4.78, 5) is 0. The predicted octanol–water partition coefficient (Wildman–Crippen LogP) is 7.63.